The van der Waals surface area contributed by atoms with Crippen molar-refractivity contribution in [1.82, 2.24) is 25.4 Å². The molecule has 7 nitrogen and oxygen atoms in total. The lowest BCUT2D eigenvalue weighted by Crippen LogP contribution is -2.39. The number of nitrogens with zero attached hydrogens (tertiary/aromatic N) is 3. The Bertz CT molecular complexity index is 930. The molecule has 1 aromatic carbocycles. The van der Waals surface area contributed by atoms with Crippen molar-refractivity contribution in [2.45, 2.75) is 32.3 Å². The lowest BCUT2D eigenvalue weighted by Gasteiger charge is -2.20. The van der Waals surface area contributed by atoms with Crippen molar-refractivity contribution in [2.75, 3.05) is 19.6 Å². The number of aromatic nitrogens is 3. The van der Waals surface area contributed by atoms with E-state index in [-0.39, 0.29) is 30.5 Å². The first-order chi connectivity index (χ1) is 13.5. The SMILES string of the molecule is CCNC(=NCC(C)(O)c1cnn(C)c1)NCCCc1c[nH]c2ccccc12.I. The third-order valence-corrected chi connectivity index (χ3v) is 4.81. The third-order valence-electron chi connectivity index (χ3n) is 4.81. The van der Waals surface area contributed by atoms with E-state index in [4.69, 9.17) is 0 Å². The molecule has 4 N–H and O–H groups in total. The van der Waals surface area contributed by atoms with Gasteiger partial charge in [0, 0.05) is 49.0 Å². The Hall–Kier alpha value is -2.07. The highest BCUT2D eigenvalue weighted by Crippen LogP contribution is 2.20. The molecule has 3 rings (SSSR count). The van der Waals surface area contributed by atoms with Gasteiger partial charge in [0.15, 0.2) is 5.96 Å². The summed E-state index contributed by atoms with van der Waals surface area (Å²) in [7, 11) is 1.84. The highest BCUT2D eigenvalue weighted by Gasteiger charge is 2.24. The van der Waals surface area contributed by atoms with Crippen LogP contribution in [-0.2, 0) is 19.1 Å². The molecule has 0 radical (unpaired) electrons. The molecule has 0 amide bonds. The van der Waals surface area contributed by atoms with Gasteiger partial charge >= 0.3 is 0 Å². The highest BCUT2D eigenvalue weighted by molar-refractivity contribution is 14.0. The molecule has 0 aliphatic rings. The maximum absolute atomic E-state index is 10.7. The quantitative estimate of drug-likeness (QED) is 0.162. The number of halogens is 1. The molecule has 2 aromatic heterocycles. The summed E-state index contributed by atoms with van der Waals surface area (Å²) in [4.78, 5) is 7.88. The van der Waals surface area contributed by atoms with Gasteiger partial charge in [-0.1, -0.05) is 18.2 Å². The van der Waals surface area contributed by atoms with Crippen LogP contribution in [0, 0.1) is 0 Å². The largest absolute Gasteiger partial charge is 0.383 e. The van der Waals surface area contributed by atoms with Gasteiger partial charge in [0.2, 0.25) is 0 Å². The van der Waals surface area contributed by atoms with Gasteiger partial charge in [0.05, 0.1) is 12.7 Å². The van der Waals surface area contributed by atoms with Crippen molar-refractivity contribution in [3.05, 3.63) is 54.0 Å². The van der Waals surface area contributed by atoms with E-state index in [1.807, 2.05) is 26.2 Å². The Kier molecular flexibility index (Phi) is 8.51. The summed E-state index contributed by atoms with van der Waals surface area (Å²) in [6, 6.07) is 8.37. The standard InChI is InChI=1S/C21H30N6O.HI/c1-4-22-20(25-15-21(2,28)17-13-26-27(3)14-17)23-11-7-8-16-12-24-19-10-6-5-9-18(16)19;/h5-6,9-10,12-14,24,28H,4,7-8,11,15H2,1-3H3,(H2,22,23,25);1H. The minimum atomic E-state index is -1.05. The van der Waals surface area contributed by atoms with Gasteiger partial charge in [-0.15, -0.1) is 24.0 Å². The van der Waals surface area contributed by atoms with Crippen LogP contribution in [0.1, 0.15) is 31.4 Å². The number of para-hydroxylation sites is 1. The number of H-pyrrole nitrogens is 1. The van der Waals surface area contributed by atoms with Gasteiger partial charge in [-0.2, -0.15) is 5.10 Å². The molecule has 0 saturated carbocycles. The molecule has 158 valence electrons. The number of hydrogen-bond donors (Lipinski definition) is 4. The zero-order chi connectivity index (χ0) is 20.0. The fourth-order valence-corrected chi connectivity index (χ4v) is 3.19. The third kappa shape index (κ3) is 6.20. The van der Waals surface area contributed by atoms with Crippen molar-refractivity contribution in [3.8, 4) is 0 Å². The molecule has 0 fully saturated rings. The van der Waals surface area contributed by atoms with Crippen molar-refractivity contribution in [1.29, 1.82) is 0 Å². The van der Waals surface area contributed by atoms with Gasteiger partial charge in [0.25, 0.3) is 0 Å². The van der Waals surface area contributed by atoms with E-state index in [0.717, 1.165) is 31.5 Å². The molecule has 1 unspecified atom stereocenters. The average Bonchev–Trinajstić information content (AvgIpc) is 3.30. The Balaban J connectivity index is 0.00000300. The van der Waals surface area contributed by atoms with Crippen LogP contribution >= 0.6 is 24.0 Å². The number of hydrogen-bond acceptors (Lipinski definition) is 3. The molecule has 0 aliphatic carbocycles. The van der Waals surface area contributed by atoms with Crippen molar-refractivity contribution in [3.63, 3.8) is 0 Å². The van der Waals surface area contributed by atoms with E-state index in [1.165, 1.54) is 16.5 Å². The van der Waals surface area contributed by atoms with Crippen LogP contribution in [0.3, 0.4) is 0 Å². The minimum absolute atomic E-state index is 0. The number of rotatable bonds is 8. The van der Waals surface area contributed by atoms with Gasteiger partial charge < -0.3 is 20.7 Å². The summed E-state index contributed by atoms with van der Waals surface area (Å²) in [6.07, 6.45) is 7.57. The fourth-order valence-electron chi connectivity index (χ4n) is 3.19. The first-order valence-corrected chi connectivity index (χ1v) is 9.78. The molecule has 8 heteroatoms. The molecular formula is C21H31IN6O. The van der Waals surface area contributed by atoms with E-state index in [9.17, 15) is 5.11 Å². The maximum Gasteiger partial charge on any atom is 0.191 e. The normalized spacial score (nSPS) is 13.7. The van der Waals surface area contributed by atoms with Crippen LogP contribution in [0.15, 0.2) is 47.8 Å². The smallest absolute Gasteiger partial charge is 0.191 e. The molecule has 0 spiro atoms. The van der Waals surface area contributed by atoms with E-state index in [0.29, 0.717) is 5.96 Å². The van der Waals surface area contributed by atoms with Crippen LogP contribution in [0.4, 0.5) is 0 Å². The first kappa shape index (κ1) is 23.2. The predicted octanol–water partition coefficient (Wildman–Crippen LogP) is 2.91. The van der Waals surface area contributed by atoms with Crippen molar-refractivity contribution in [2.24, 2.45) is 12.0 Å². The molecular weight excluding hydrogens is 479 g/mol. The van der Waals surface area contributed by atoms with Crippen LogP contribution in [0.25, 0.3) is 10.9 Å². The van der Waals surface area contributed by atoms with E-state index >= 15 is 0 Å². The predicted molar refractivity (Wildman–Crippen MR) is 129 cm³/mol. The molecule has 2 heterocycles. The summed E-state index contributed by atoms with van der Waals surface area (Å²) in [5.41, 5.74) is 2.21. The molecule has 1 atom stereocenters. The first-order valence-electron chi connectivity index (χ1n) is 9.78. The number of aryl methyl sites for hydroxylation is 2. The van der Waals surface area contributed by atoms with Crippen LogP contribution in [0.2, 0.25) is 0 Å². The number of aliphatic hydroxyl groups is 1. The zero-order valence-corrected chi connectivity index (χ0v) is 19.6. The maximum atomic E-state index is 10.7. The summed E-state index contributed by atoms with van der Waals surface area (Å²) in [5, 5.41) is 22.7. The molecule has 29 heavy (non-hydrogen) atoms. The molecule has 3 aromatic rings. The number of aromatic amines is 1. The minimum Gasteiger partial charge on any atom is -0.383 e. The van der Waals surface area contributed by atoms with Crippen LogP contribution in [0.5, 0.6) is 0 Å². The summed E-state index contributed by atoms with van der Waals surface area (Å²) < 4.78 is 1.68. The second-order valence-corrected chi connectivity index (χ2v) is 7.26. The molecule has 0 bridgehead atoms. The van der Waals surface area contributed by atoms with Crippen molar-refractivity contribution >= 4 is 40.8 Å². The number of fused-ring (bicyclic) bond motifs is 1. The lowest BCUT2D eigenvalue weighted by atomic mass is 10.0. The summed E-state index contributed by atoms with van der Waals surface area (Å²) >= 11 is 0. The van der Waals surface area contributed by atoms with Crippen molar-refractivity contribution < 1.29 is 5.11 Å². The Labute approximate surface area is 189 Å². The molecule has 0 aliphatic heterocycles. The number of nitrogens with one attached hydrogen (secondary N) is 3. The monoisotopic (exact) mass is 510 g/mol. The Morgan fingerprint density at radius 2 is 2.10 bits per heavy atom. The number of guanidine groups is 1. The second kappa shape index (κ2) is 10.6. The Morgan fingerprint density at radius 3 is 2.83 bits per heavy atom. The lowest BCUT2D eigenvalue weighted by molar-refractivity contribution is 0.0672. The number of benzene rings is 1. The molecule has 0 saturated heterocycles. The van der Waals surface area contributed by atoms with E-state index in [1.54, 1.807) is 17.8 Å². The zero-order valence-electron chi connectivity index (χ0n) is 17.3. The van der Waals surface area contributed by atoms with Gasteiger partial charge in [0.1, 0.15) is 5.60 Å². The van der Waals surface area contributed by atoms with Gasteiger partial charge in [-0.25, -0.2) is 4.99 Å². The van der Waals surface area contributed by atoms with E-state index < -0.39 is 5.60 Å². The summed E-state index contributed by atoms with van der Waals surface area (Å²) in [5.74, 6) is 0.714. The number of aliphatic imine (C=N–C) groups is 1. The van der Waals surface area contributed by atoms with Gasteiger partial charge in [-0.05, 0) is 38.3 Å². The topological polar surface area (TPSA) is 90.3 Å². The van der Waals surface area contributed by atoms with E-state index in [2.05, 4.69) is 50.1 Å². The fraction of sp³-hybridized carbons (Fsp3) is 0.429. The summed E-state index contributed by atoms with van der Waals surface area (Å²) in [6.45, 7) is 5.62. The van der Waals surface area contributed by atoms with Gasteiger partial charge in [-0.3, -0.25) is 4.68 Å². The Morgan fingerprint density at radius 1 is 1.31 bits per heavy atom. The van der Waals surface area contributed by atoms with Crippen LogP contribution in [-0.4, -0.2) is 45.5 Å². The average molecular weight is 510 g/mol. The second-order valence-electron chi connectivity index (χ2n) is 7.26. The van der Waals surface area contributed by atoms with Crippen LogP contribution < -0.4 is 10.6 Å². The highest BCUT2D eigenvalue weighted by atomic mass is 127.